The van der Waals surface area contributed by atoms with Crippen molar-refractivity contribution in [3.63, 3.8) is 0 Å². The maximum absolute atomic E-state index is 12.1. The van der Waals surface area contributed by atoms with E-state index in [4.69, 9.17) is 4.98 Å². The molecule has 6 heteroatoms. The molecule has 1 fully saturated rings. The summed E-state index contributed by atoms with van der Waals surface area (Å²) in [4.78, 5) is 20.3. The van der Waals surface area contributed by atoms with Crippen LogP contribution in [0, 0.1) is 0 Å². The molecule has 0 bridgehead atoms. The highest BCUT2D eigenvalue weighted by Crippen LogP contribution is 2.26. The third-order valence-electron chi connectivity index (χ3n) is 4.01. The van der Waals surface area contributed by atoms with Crippen molar-refractivity contribution in [2.24, 2.45) is 0 Å². The Morgan fingerprint density at radius 1 is 1.19 bits per heavy atom. The molecule has 2 aliphatic rings. The molecule has 0 spiro atoms. The van der Waals surface area contributed by atoms with Gasteiger partial charge in [0, 0.05) is 36.7 Å². The number of aryl methyl sites for hydroxylation is 2. The number of amides is 2. The van der Waals surface area contributed by atoms with Crippen molar-refractivity contribution < 1.29 is 4.79 Å². The van der Waals surface area contributed by atoms with Gasteiger partial charge in [0.2, 0.25) is 0 Å². The van der Waals surface area contributed by atoms with Crippen LogP contribution in [0.4, 0.5) is 4.79 Å². The number of urea groups is 1. The molecule has 21 heavy (non-hydrogen) atoms. The zero-order valence-corrected chi connectivity index (χ0v) is 14.0. The van der Waals surface area contributed by atoms with Gasteiger partial charge in [0.1, 0.15) is 0 Å². The van der Waals surface area contributed by atoms with Gasteiger partial charge < -0.3 is 10.2 Å². The molecule has 0 radical (unpaired) electrons. The van der Waals surface area contributed by atoms with E-state index in [2.05, 4.69) is 5.32 Å². The van der Waals surface area contributed by atoms with Crippen molar-refractivity contribution in [2.45, 2.75) is 38.5 Å². The Hall–Kier alpha value is -0.750. The molecule has 3 rings (SSSR count). The van der Waals surface area contributed by atoms with Crippen molar-refractivity contribution in [3.8, 4) is 0 Å². The Kier molecular flexibility index (Phi) is 5.41. The average molecular weight is 326 g/mol. The highest BCUT2D eigenvalue weighted by atomic mass is 32.2. The molecule has 1 aliphatic carbocycles. The summed E-state index contributed by atoms with van der Waals surface area (Å²) >= 11 is 3.79. The molecule has 1 aromatic heterocycles. The number of carbonyl (C=O) groups excluding carboxylic acids is 1. The lowest BCUT2D eigenvalue weighted by Gasteiger charge is -2.20. The summed E-state index contributed by atoms with van der Waals surface area (Å²) in [5.41, 5.74) is 1.32. The van der Waals surface area contributed by atoms with Crippen LogP contribution >= 0.6 is 23.1 Å². The summed E-state index contributed by atoms with van der Waals surface area (Å²) < 4.78 is 0. The first-order valence-electron chi connectivity index (χ1n) is 7.91. The van der Waals surface area contributed by atoms with Crippen molar-refractivity contribution >= 4 is 29.1 Å². The van der Waals surface area contributed by atoms with E-state index in [1.807, 2.05) is 28.0 Å². The van der Waals surface area contributed by atoms with E-state index >= 15 is 0 Å². The van der Waals surface area contributed by atoms with Gasteiger partial charge in [0.25, 0.3) is 0 Å². The van der Waals surface area contributed by atoms with E-state index < -0.39 is 0 Å². The van der Waals surface area contributed by atoms with Crippen LogP contribution in [-0.2, 0) is 19.3 Å². The van der Waals surface area contributed by atoms with Gasteiger partial charge >= 0.3 is 6.03 Å². The second kappa shape index (κ2) is 7.49. The van der Waals surface area contributed by atoms with E-state index in [1.165, 1.54) is 40.6 Å². The molecule has 0 unspecified atom stereocenters. The average Bonchev–Trinajstić information content (AvgIpc) is 2.71. The largest absolute Gasteiger partial charge is 0.338 e. The van der Waals surface area contributed by atoms with Crippen molar-refractivity contribution in [3.05, 3.63) is 15.6 Å². The van der Waals surface area contributed by atoms with Gasteiger partial charge in [-0.05, 0) is 37.9 Å². The Balaban J connectivity index is 1.44. The second-order valence-electron chi connectivity index (χ2n) is 5.62. The molecular formula is C15H23N3OS2. The highest BCUT2D eigenvalue weighted by molar-refractivity contribution is 7.99. The number of carbonyl (C=O) groups is 1. The smallest absolute Gasteiger partial charge is 0.317 e. The zero-order chi connectivity index (χ0) is 14.5. The third kappa shape index (κ3) is 4.13. The Morgan fingerprint density at radius 2 is 2.10 bits per heavy atom. The van der Waals surface area contributed by atoms with Crippen LogP contribution in [0.2, 0.25) is 0 Å². The SMILES string of the molecule is O=C(NCCc1nc2c(s1)CCCC2)N1CCCSCC1. The van der Waals surface area contributed by atoms with Crippen molar-refractivity contribution in [2.75, 3.05) is 31.1 Å². The summed E-state index contributed by atoms with van der Waals surface area (Å²) in [6, 6.07) is 0.0961. The topological polar surface area (TPSA) is 45.2 Å². The fraction of sp³-hybridized carbons (Fsp3) is 0.733. The van der Waals surface area contributed by atoms with E-state index in [1.54, 1.807) is 0 Å². The van der Waals surface area contributed by atoms with Gasteiger partial charge in [0.15, 0.2) is 0 Å². The molecule has 1 saturated heterocycles. The number of hydrogen-bond donors (Lipinski definition) is 1. The molecule has 0 atom stereocenters. The zero-order valence-electron chi connectivity index (χ0n) is 12.4. The second-order valence-corrected chi connectivity index (χ2v) is 8.01. The predicted molar refractivity (Wildman–Crippen MR) is 89.4 cm³/mol. The van der Waals surface area contributed by atoms with Gasteiger partial charge in [-0.2, -0.15) is 11.8 Å². The van der Waals surface area contributed by atoms with E-state index in [0.29, 0.717) is 6.54 Å². The first-order valence-corrected chi connectivity index (χ1v) is 9.88. The molecule has 2 amide bonds. The van der Waals surface area contributed by atoms with Crippen LogP contribution in [0.1, 0.15) is 34.8 Å². The van der Waals surface area contributed by atoms with Crippen LogP contribution in [0.5, 0.6) is 0 Å². The molecular weight excluding hydrogens is 302 g/mol. The van der Waals surface area contributed by atoms with Crippen LogP contribution in [-0.4, -0.2) is 47.1 Å². The first kappa shape index (κ1) is 15.2. The van der Waals surface area contributed by atoms with Crippen LogP contribution in [0.3, 0.4) is 0 Å². The first-order chi connectivity index (χ1) is 10.3. The molecule has 1 aliphatic heterocycles. The minimum Gasteiger partial charge on any atom is -0.338 e. The number of thiazole rings is 1. The highest BCUT2D eigenvalue weighted by Gasteiger charge is 2.17. The van der Waals surface area contributed by atoms with Gasteiger partial charge in [-0.3, -0.25) is 0 Å². The van der Waals surface area contributed by atoms with Crippen LogP contribution in [0.15, 0.2) is 0 Å². The Morgan fingerprint density at radius 3 is 3.00 bits per heavy atom. The summed E-state index contributed by atoms with van der Waals surface area (Å²) in [7, 11) is 0. The lowest BCUT2D eigenvalue weighted by Crippen LogP contribution is -2.41. The standard InChI is InChI=1S/C15H23N3OS2/c19-15(18-8-3-10-20-11-9-18)16-7-6-14-17-12-4-1-2-5-13(12)21-14/h1-11H2,(H,16,19). The quantitative estimate of drug-likeness (QED) is 0.929. The normalized spacial score (nSPS) is 19.0. The molecule has 1 N–H and O–H groups in total. The number of fused-ring (bicyclic) bond motifs is 1. The Labute approximate surface area is 134 Å². The van der Waals surface area contributed by atoms with Gasteiger partial charge in [-0.15, -0.1) is 11.3 Å². The molecule has 2 heterocycles. The monoisotopic (exact) mass is 325 g/mol. The van der Waals surface area contributed by atoms with E-state index in [9.17, 15) is 4.79 Å². The van der Waals surface area contributed by atoms with Crippen molar-refractivity contribution in [1.82, 2.24) is 15.2 Å². The van der Waals surface area contributed by atoms with Gasteiger partial charge in [-0.25, -0.2) is 9.78 Å². The fourth-order valence-corrected chi connectivity index (χ4v) is 4.89. The number of hydrogen-bond acceptors (Lipinski definition) is 4. The van der Waals surface area contributed by atoms with Crippen molar-refractivity contribution in [1.29, 1.82) is 0 Å². The van der Waals surface area contributed by atoms with Gasteiger partial charge in [0.05, 0.1) is 10.7 Å². The number of aromatic nitrogens is 1. The summed E-state index contributed by atoms with van der Waals surface area (Å²) in [6.07, 6.45) is 6.90. The number of nitrogens with zero attached hydrogens (tertiary/aromatic N) is 2. The van der Waals surface area contributed by atoms with E-state index in [-0.39, 0.29) is 6.03 Å². The summed E-state index contributed by atoms with van der Waals surface area (Å²) in [6.45, 7) is 2.47. The fourth-order valence-electron chi connectivity index (χ4n) is 2.85. The molecule has 1 aromatic rings. The summed E-state index contributed by atoms with van der Waals surface area (Å²) in [5.74, 6) is 2.24. The minimum absolute atomic E-state index is 0.0961. The third-order valence-corrected chi connectivity index (χ3v) is 6.28. The number of rotatable bonds is 3. The maximum atomic E-state index is 12.1. The minimum atomic E-state index is 0.0961. The molecule has 4 nitrogen and oxygen atoms in total. The number of thioether (sulfide) groups is 1. The summed E-state index contributed by atoms with van der Waals surface area (Å²) in [5, 5.41) is 4.24. The molecule has 0 saturated carbocycles. The lowest BCUT2D eigenvalue weighted by atomic mass is 10.0. The van der Waals surface area contributed by atoms with Crippen LogP contribution in [0.25, 0.3) is 0 Å². The maximum Gasteiger partial charge on any atom is 0.317 e. The predicted octanol–water partition coefficient (Wildman–Crippen LogP) is 2.71. The number of nitrogens with one attached hydrogen (secondary N) is 1. The Bertz CT molecular complexity index is 458. The van der Waals surface area contributed by atoms with E-state index in [0.717, 1.165) is 38.1 Å². The van der Waals surface area contributed by atoms with Gasteiger partial charge in [-0.1, -0.05) is 0 Å². The lowest BCUT2D eigenvalue weighted by molar-refractivity contribution is 0.202. The molecule has 116 valence electrons. The van der Waals surface area contributed by atoms with Crippen LogP contribution < -0.4 is 5.32 Å². The molecule has 0 aromatic carbocycles.